The van der Waals surface area contributed by atoms with Crippen LogP contribution in [0.1, 0.15) is 26.3 Å². The molecular formula is C27H31N3O5. The van der Waals surface area contributed by atoms with Gasteiger partial charge in [-0.15, -0.1) is 0 Å². The minimum Gasteiger partial charge on any atom is -0.478 e. The zero-order chi connectivity index (χ0) is 25.8. The number of carbonyl (C=O) groups is 3. The Labute approximate surface area is 204 Å². The quantitative estimate of drug-likeness (QED) is 0.351. The lowest BCUT2D eigenvalue weighted by Crippen LogP contribution is -2.61. The van der Waals surface area contributed by atoms with Crippen molar-refractivity contribution in [1.82, 2.24) is 10.2 Å². The average molecular weight is 478 g/mol. The molecule has 3 rings (SSSR count). The fraction of sp³-hybridized carbons (Fsp3) is 0.296. The van der Waals surface area contributed by atoms with Gasteiger partial charge < -0.3 is 21.3 Å². The van der Waals surface area contributed by atoms with Crippen molar-refractivity contribution >= 4 is 28.7 Å². The maximum atomic E-state index is 12.9. The molecule has 8 heteroatoms. The van der Waals surface area contributed by atoms with Gasteiger partial charge in [0, 0.05) is 13.0 Å². The van der Waals surface area contributed by atoms with Crippen LogP contribution >= 0.6 is 0 Å². The molecule has 3 aromatic rings. The molecule has 0 bridgehead atoms. The Hall–Kier alpha value is -3.91. The molecule has 0 heterocycles. The lowest BCUT2D eigenvalue weighted by atomic mass is 9.98. The molecule has 0 fully saturated rings. The van der Waals surface area contributed by atoms with Crippen molar-refractivity contribution in [3.63, 3.8) is 0 Å². The van der Waals surface area contributed by atoms with Crippen LogP contribution in [-0.4, -0.2) is 51.3 Å². The number of carbonyl (C=O) groups excluding carboxylic acids is 2. The highest BCUT2D eigenvalue weighted by Crippen LogP contribution is 2.25. The number of hydrogen-bond donors (Lipinski definition) is 4. The first-order chi connectivity index (χ1) is 16.5. The third kappa shape index (κ3) is 6.16. The average Bonchev–Trinajstić information content (AvgIpc) is 2.81. The van der Waals surface area contributed by atoms with Crippen LogP contribution < -0.4 is 11.1 Å². The second-order valence-corrected chi connectivity index (χ2v) is 9.20. The Morgan fingerprint density at radius 3 is 2.14 bits per heavy atom. The van der Waals surface area contributed by atoms with Crippen LogP contribution in [0.15, 0.2) is 66.7 Å². The molecule has 0 aliphatic rings. The first-order valence-corrected chi connectivity index (χ1v) is 11.4. The van der Waals surface area contributed by atoms with E-state index < -0.39 is 29.7 Å². The standard InChI is InChI=1S/C27H31N3O5/c1-17(2)16-30(27(3,35)25(32)33)26(34)29-23(24(28)31)14-18-8-10-20(11-9-18)22-13-12-19-6-4-5-7-21(19)15-22/h4-13,15,17,23,35H,14,16H2,1-3H3,(H2,28,31)(H,29,34)(H,32,33). The van der Waals surface area contributed by atoms with E-state index in [-0.39, 0.29) is 18.9 Å². The van der Waals surface area contributed by atoms with E-state index >= 15 is 0 Å². The number of carboxylic acid groups (broad SMARTS) is 1. The second kappa shape index (κ2) is 10.6. The van der Waals surface area contributed by atoms with Gasteiger partial charge in [-0.1, -0.05) is 74.5 Å². The highest BCUT2D eigenvalue weighted by molar-refractivity contribution is 5.89. The van der Waals surface area contributed by atoms with Gasteiger partial charge in [0.15, 0.2) is 0 Å². The highest BCUT2D eigenvalue weighted by atomic mass is 16.4. The number of amides is 3. The van der Waals surface area contributed by atoms with Crippen molar-refractivity contribution in [2.45, 2.75) is 39.0 Å². The summed E-state index contributed by atoms with van der Waals surface area (Å²) in [5.41, 5.74) is 5.89. The Bertz CT molecular complexity index is 1220. The minimum atomic E-state index is -2.45. The maximum Gasteiger partial charge on any atom is 0.357 e. The van der Waals surface area contributed by atoms with E-state index in [4.69, 9.17) is 5.73 Å². The molecule has 8 nitrogen and oxygen atoms in total. The van der Waals surface area contributed by atoms with Gasteiger partial charge in [0.1, 0.15) is 6.04 Å². The summed E-state index contributed by atoms with van der Waals surface area (Å²) in [5.74, 6) is -2.47. The minimum absolute atomic E-state index is 0.0307. The van der Waals surface area contributed by atoms with Crippen LogP contribution in [0.5, 0.6) is 0 Å². The predicted octanol–water partition coefficient (Wildman–Crippen LogP) is 3.36. The summed E-state index contributed by atoms with van der Waals surface area (Å²) < 4.78 is 0. The number of aliphatic carboxylic acids is 1. The van der Waals surface area contributed by atoms with Crippen molar-refractivity contribution < 1.29 is 24.6 Å². The number of carboxylic acids is 1. The van der Waals surface area contributed by atoms with Crippen LogP contribution in [0.4, 0.5) is 4.79 Å². The fourth-order valence-electron chi connectivity index (χ4n) is 3.83. The monoisotopic (exact) mass is 477 g/mol. The van der Waals surface area contributed by atoms with Crippen molar-refractivity contribution in [3.8, 4) is 11.1 Å². The molecule has 3 amide bonds. The first kappa shape index (κ1) is 25.7. The van der Waals surface area contributed by atoms with Gasteiger partial charge in [-0.3, -0.25) is 9.69 Å². The molecule has 5 N–H and O–H groups in total. The smallest absolute Gasteiger partial charge is 0.357 e. The molecule has 2 unspecified atom stereocenters. The van der Waals surface area contributed by atoms with Crippen LogP contribution in [0.3, 0.4) is 0 Å². The third-order valence-electron chi connectivity index (χ3n) is 5.84. The van der Waals surface area contributed by atoms with E-state index in [9.17, 15) is 24.6 Å². The van der Waals surface area contributed by atoms with Gasteiger partial charge in [-0.25, -0.2) is 9.59 Å². The number of nitrogens with zero attached hydrogens (tertiary/aromatic N) is 1. The van der Waals surface area contributed by atoms with Gasteiger partial charge in [0.25, 0.3) is 0 Å². The first-order valence-electron chi connectivity index (χ1n) is 11.4. The molecule has 184 valence electrons. The molecule has 0 spiro atoms. The van der Waals surface area contributed by atoms with Crippen molar-refractivity contribution in [1.29, 1.82) is 0 Å². The molecule has 0 saturated heterocycles. The third-order valence-corrected chi connectivity index (χ3v) is 5.84. The highest BCUT2D eigenvalue weighted by Gasteiger charge is 2.41. The number of nitrogens with one attached hydrogen (secondary N) is 1. The molecule has 0 aliphatic carbocycles. The molecule has 0 radical (unpaired) electrons. The number of nitrogens with two attached hydrogens (primary N) is 1. The predicted molar refractivity (Wildman–Crippen MR) is 134 cm³/mol. The summed E-state index contributed by atoms with van der Waals surface area (Å²) in [5, 5.41) is 24.5. The van der Waals surface area contributed by atoms with E-state index in [2.05, 4.69) is 29.6 Å². The van der Waals surface area contributed by atoms with E-state index in [1.54, 1.807) is 13.8 Å². The summed E-state index contributed by atoms with van der Waals surface area (Å²) in [6.45, 7) is 4.54. The topological polar surface area (TPSA) is 133 Å². The Balaban J connectivity index is 1.76. The molecule has 3 aromatic carbocycles. The Morgan fingerprint density at radius 1 is 0.971 bits per heavy atom. The molecule has 0 aliphatic heterocycles. The summed E-state index contributed by atoms with van der Waals surface area (Å²) in [7, 11) is 0. The Kier molecular flexibility index (Phi) is 7.76. The molecule has 0 aromatic heterocycles. The van der Waals surface area contributed by atoms with E-state index in [1.165, 1.54) is 0 Å². The summed E-state index contributed by atoms with van der Waals surface area (Å²) in [6.07, 6.45) is 0.115. The van der Waals surface area contributed by atoms with E-state index in [0.717, 1.165) is 39.3 Å². The SMILES string of the molecule is CC(C)CN(C(=O)NC(Cc1ccc(-c2ccc3ccccc3c2)cc1)C(N)=O)C(C)(O)C(=O)O. The second-order valence-electron chi connectivity index (χ2n) is 9.20. The summed E-state index contributed by atoms with van der Waals surface area (Å²) in [4.78, 5) is 37.3. The largest absolute Gasteiger partial charge is 0.478 e. The van der Waals surface area contributed by atoms with Gasteiger partial charge >= 0.3 is 12.0 Å². The van der Waals surface area contributed by atoms with Crippen molar-refractivity contribution in [3.05, 3.63) is 72.3 Å². The van der Waals surface area contributed by atoms with Crippen molar-refractivity contribution in [2.75, 3.05) is 6.54 Å². The molecule has 2 atom stereocenters. The van der Waals surface area contributed by atoms with Crippen LogP contribution in [0.2, 0.25) is 0 Å². The van der Waals surface area contributed by atoms with Crippen LogP contribution in [-0.2, 0) is 16.0 Å². The van der Waals surface area contributed by atoms with Crippen LogP contribution in [0, 0.1) is 5.92 Å². The lowest BCUT2D eigenvalue weighted by Gasteiger charge is -2.35. The van der Waals surface area contributed by atoms with Gasteiger partial charge in [0.2, 0.25) is 11.6 Å². The summed E-state index contributed by atoms with van der Waals surface area (Å²) >= 11 is 0. The Morgan fingerprint density at radius 2 is 1.57 bits per heavy atom. The summed E-state index contributed by atoms with van der Waals surface area (Å²) in [6, 6.07) is 19.9. The van der Waals surface area contributed by atoms with E-state index in [0.29, 0.717) is 0 Å². The number of primary amides is 1. The number of hydrogen-bond acceptors (Lipinski definition) is 4. The fourth-order valence-corrected chi connectivity index (χ4v) is 3.83. The van der Waals surface area contributed by atoms with Gasteiger partial charge in [-0.2, -0.15) is 0 Å². The maximum absolute atomic E-state index is 12.9. The van der Waals surface area contributed by atoms with Crippen LogP contribution in [0.25, 0.3) is 21.9 Å². The van der Waals surface area contributed by atoms with E-state index in [1.807, 2.05) is 42.5 Å². The molecular weight excluding hydrogens is 446 g/mol. The zero-order valence-electron chi connectivity index (χ0n) is 20.1. The zero-order valence-corrected chi connectivity index (χ0v) is 20.1. The molecule has 35 heavy (non-hydrogen) atoms. The molecule has 0 saturated carbocycles. The number of fused-ring (bicyclic) bond motifs is 1. The van der Waals surface area contributed by atoms with Gasteiger partial charge in [0.05, 0.1) is 0 Å². The normalized spacial score (nSPS) is 13.7. The number of urea groups is 1. The van der Waals surface area contributed by atoms with Crippen molar-refractivity contribution in [2.24, 2.45) is 11.7 Å². The van der Waals surface area contributed by atoms with Gasteiger partial charge in [-0.05, 0) is 46.4 Å². The number of aliphatic hydroxyl groups is 1. The number of benzene rings is 3. The number of rotatable bonds is 9. The lowest BCUT2D eigenvalue weighted by molar-refractivity contribution is -0.173.